The summed E-state index contributed by atoms with van der Waals surface area (Å²) in [4.78, 5) is 14.1. The lowest BCUT2D eigenvalue weighted by atomic mass is 9.75. The first-order valence-corrected chi connectivity index (χ1v) is 14.0. The molecule has 2 aromatic carbocycles. The molecule has 0 aromatic heterocycles. The first-order chi connectivity index (χ1) is 18.7. The Hall–Kier alpha value is -2.61. The second kappa shape index (κ2) is 14.7. The van der Waals surface area contributed by atoms with Crippen molar-refractivity contribution in [2.45, 2.75) is 72.2 Å². The fourth-order valence-electron chi connectivity index (χ4n) is 5.22. The normalized spacial score (nSPS) is 20.9. The third kappa shape index (κ3) is 8.19. The van der Waals surface area contributed by atoms with E-state index < -0.39 is 11.6 Å². The Balaban J connectivity index is 1.97. The minimum atomic E-state index is -1.50. The molecule has 216 valence electrons. The Morgan fingerprint density at radius 3 is 2.46 bits per heavy atom. The van der Waals surface area contributed by atoms with Crippen LogP contribution in [0.5, 0.6) is 11.5 Å². The number of rotatable bonds is 14. The molecule has 0 spiro atoms. The number of esters is 1. The Bertz CT molecular complexity index is 1040. The van der Waals surface area contributed by atoms with Crippen LogP contribution in [0, 0.1) is 24.7 Å². The zero-order valence-corrected chi connectivity index (χ0v) is 24.7. The van der Waals surface area contributed by atoms with Crippen LogP contribution in [0.25, 0.3) is 0 Å². The van der Waals surface area contributed by atoms with Crippen LogP contribution in [0.3, 0.4) is 0 Å². The van der Waals surface area contributed by atoms with Crippen LogP contribution >= 0.6 is 0 Å². The molecule has 39 heavy (non-hydrogen) atoms. The maximum Gasteiger partial charge on any atom is 0.343 e. The number of methoxy groups -OCH3 is 2. The van der Waals surface area contributed by atoms with E-state index >= 15 is 0 Å². The van der Waals surface area contributed by atoms with Gasteiger partial charge in [0.1, 0.15) is 31.0 Å². The minimum absolute atomic E-state index is 0.113. The Labute approximate surface area is 234 Å². The molecule has 0 heterocycles. The predicted molar refractivity (Wildman–Crippen MR) is 151 cm³/mol. The summed E-state index contributed by atoms with van der Waals surface area (Å²) in [6.45, 7) is 11.3. The van der Waals surface area contributed by atoms with Crippen molar-refractivity contribution in [3.05, 3.63) is 59.2 Å². The third-order valence-electron chi connectivity index (χ3n) is 7.72. The summed E-state index contributed by atoms with van der Waals surface area (Å²) in [7, 11) is 3.22. The van der Waals surface area contributed by atoms with Crippen LogP contribution in [0.4, 0.5) is 0 Å². The highest BCUT2D eigenvalue weighted by molar-refractivity contribution is 5.82. The van der Waals surface area contributed by atoms with Crippen molar-refractivity contribution in [2.75, 3.05) is 34.2 Å². The summed E-state index contributed by atoms with van der Waals surface area (Å²) < 4.78 is 35.2. The van der Waals surface area contributed by atoms with Gasteiger partial charge in [-0.1, -0.05) is 57.5 Å². The number of hydrogen-bond acceptors (Lipinski definition) is 7. The van der Waals surface area contributed by atoms with Crippen LogP contribution < -0.4 is 9.47 Å². The van der Waals surface area contributed by atoms with Gasteiger partial charge < -0.3 is 28.4 Å². The lowest BCUT2D eigenvalue weighted by Crippen LogP contribution is -2.44. The minimum Gasteiger partial charge on any atom is -0.496 e. The van der Waals surface area contributed by atoms with Crippen LogP contribution in [-0.4, -0.2) is 46.3 Å². The lowest BCUT2D eigenvalue weighted by molar-refractivity contribution is -0.200. The molecule has 0 aliphatic heterocycles. The maximum atomic E-state index is 14.1. The number of carbonyl (C=O) groups is 1. The van der Waals surface area contributed by atoms with E-state index in [-0.39, 0.29) is 12.9 Å². The van der Waals surface area contributed by atoms with Gasteiger partial charge in [0, 0.05) is 12.7 Å². The van der Waals surface area contributed by atoms with Crippen LogP contribution in [0.1, 0.15) is 63.6 Å². The summed E-state index contributed by atoms with van der Waals surface area (Å²) in [6.07, 6.45) is 2.84. The largest absolute Gasteiger partial charge is 0.496 e. The molecule has 1 aliphatic carbocycles. The molecule has 1 saturated carbocycles. The molecule has 0 bridgehead atoms. The molecule has 0 unspecified atom stereocenters. The Kier molecular flexibility index (Phi) is 11.6. The zero-order chi connectivity index (χ0) is 28.4. The molecule has 7 heteroatoms. The third-order valence-corrected chi connectivity index (χ3v) is 7.72. The van der Waals surface area contributed by atoms with E-state index in [9.17, 15) is 4.79 Å². The van der Waals surface area contributed by atoms with Gasteiger partial charge in [0.2, 0.25) is 0 Å². The van der Waals surface area contributed by atoms with Gasteiger partial charge in [-0.3, -0.25) is 0 Å². The van der Waals surface area contributed by atoms with E-state index in [0.29, 0.717) is 54.6 Å². The standard InChI is InChI=1S/C32H46O7/c1-22(2)26-14-13-23(3)17-29(26)39-31(33)32(5,38-21-36-16-15-34-6)27-19-28(35-7)24(4)18-30(27)37-20-25-11-9-8-10-12-25/h8-12,18-19,22-23,26,29H,13-17,20-21H2,1-7H3/t23-,26+,29-,32+/m1/s1. The molecule has 4 atom stereocenters. The van der Waals surface area contributed by atoms with Crippen LogP contribution in [0.15, 0.2) is 42.5 Å². The van der Waals surface area contributed by atoms with Gasteiger partial charge in [0.15, 0.2) is 5.60 Å². The first-order valence-electron chi connectivity index (χ1n) is 14.0. The topological polar surface area (TPSA) is 72.5 Å². The summed E-state index contributed by atoms with van der Waals surface area (Å²) in [5.41, 5.74) is 0.937. The molecule has 1 aliphatic rings. The monoisotopic (exact) mass is 542 g/mol. The molecule has 2 aromatic rings. The van der Waals surface area contributed by atoms with E-state index in [0.717, 1.165) is 30.4 Å². The molecule has 1 fully saturated rings. The van der Waals surface area contributed by atoms with Gasteiger partial charge in [0.25, 0.3) is 0 Å². The predicted octanol–water partition coefficient (Wildman–Crippen LogP) is 6.44. The molecule has 7 nitrogen and oxygen atoms in total. The number of benzene rings is 2. The zero-order valence-electron chi connectivity index (χ0n) is 24.7. The molecule has 0 N–H and O–H groups in total. The fraction of sp³-hybridized carbons (Fsp3) is 0.594. The van der Waals surface area contributed by atoms with Gasteiger partial charge in [-0.05, 0) is 67.7 Å². The molecular weight excluding hydrogens is 496 g/mol. The molecule has 0 radical (unpaired) electrons. The van der Waals surface area contributed by atoms with Gasteiger partial charge in [-0.25, -0.2) is 4.79 Å². The summed E-state index contributed by atoms with van der Waals surface area (Å²) in [5, 5.41) is 0. The lowest BCUT2D eigenvalue weighted by Gasteiger charge is -2.39. The van der Waals surface area contributed by atoms with Crippen LogP contribution in [0.2, 0.25) is 0 Å². The molecule has 3 rings (SSSR count). The first kappa shape index (κ1) is 30.9. The van der Waals surface area contributed by atoms with Gasteiger partial charge >= 0.3 is 5.97 Å². The smallest absolute Gasteiger partial charge is 0.343 e. The van der Waals surface area contributed by atoms with Gasteiger partial charge in [0.05, 0.1) is 20.3 Å². The van der Waals surface area contributed by atoms with Crippen molar-refractivity contribution in [2.24, 2.45) is 17.8 Å². The molecule has 0 amide bonds. The van der Waals surface area contributed by atoms with Crippen molar-refractivity contribution in [1.82, 2.24) is 0 Å². The van der Waals surface area contributed by atoms with Crippen molar-refractivity contribution in [3.8, 4) is 11.5 Å². The highest BCUT2D eigenvalue weighted by Crippen LogP contribution is 2.41. The van der Waals surface area contributed by atoms with Crippen molar-refractivity contribution >= 4 is 5.97 Å². The van der Waals surface area contributed by atoms with E-state index in [2.05, 4.69) is 20.8 Å². The second-order valence-electron chi connectivity index (χ2n) is 11.1. The molecule has 0 saturated heterocycles. The van der Waals surface area contributed by atoms with Gasteiger partial charge in [-0.15, -0.1) is 0 Å². The van der Waals surface area contributed by atoms with E-state index in [1.54, 1.807) is 21.1 Å². The van der Waals surface area contributed by atoms with E-state index in [1.807, 2.05) is 49.4 Å². The van der Waals surface area contributed by atoms with Crippen molar-refractivity contribution < 1.29 is 33.2 Å². The number of aryl methyl sites for hydroxylation is 1. The second-order valence-corrected chi connectivity index (χ2v) is 11.1. The maximum absolute atomic E-state index is 14.1. The van der Waals surface area contributed by atoms with Crippen molar-refractivity contribution in [1.29, 1.82) is 0 Å². The SMILES string of the molecule is COCCOCO[C@](C)(C(=O)O[C@@H]1C[C@H](C)CC[C@H]1C(C)C)c1cc(OC)c(C)cc1OCc1ccccc1. The summed E-state index contributed by atoms with van der Waals surface area (Å²) >= 11 is 0. The van der Waals surface area contributed by atoms with Gasteiger partial charge in [-0.2, -0.15) is 0 Å². The highest BCUT2D eigenvalue weighted by atomic mass is 16.7. The fourth-order valence-corrected chi connectivity index (χ4v) is 5.22. The highest BCUT2D eigenvalue weighted by Gasteiger charge is 2.44. The van der Waals surface area contributed by atoms with E-state index in [4.69, 9.17) is 28.4 Å². The Morgan fingerprint density at radius 2 is 1.79 bits per heavy atom. The molecular formula is C32H46O7. The van der Waals surface area contributed by atoms with E-state index in [1.165, 1.54) is 0 Å². The Morgan fingerprint density at radius 1 is 1.05 bits per heavy atom. The average Bonchev–Trinajstić information content (AvgIpc) is 2.92. The average molecular weight is 543 g/mol. The number of ether oxygens (including phenoxy) is 6. The summed E-state index contributed by atoms with van der Waals surface area (Å²) in [5.74, 6) is 1.90. The summed E-state index contributed by atoms with van der Waals surface area (Å²) in [6, 6.07) is 13.6. The van der Waals surface area contributed by atoms with Crippen LogP contribution in [-0.2, 0) is 35.9 Å². The quantitative estimate of drug-likeness (QED) is 0.155. The van der Waals surface area contributed by atoms with Crippen molar-refractivity contribution in [3.63, 3.8) is 0 Å². The number of carbonyl (C=O) groups excluding carboxylic acids is 1. The number of hydrogen-bond donors (Lipinski definition) is 0.